The Bertz CT molecular complexity index is 795. The van der Waals surface area contributed by atoms with Gasteiger partial charge < -0.3 is 15.7 Å². The van der Waals surface area contributed by atoms with Gasteiger partial charge >= 0.3 is 0 Å². The van der Waals surface area contributed by atoms with Gasteiger partial charge in [0.25, 0.3) is 5.91 Å². The van der Waals surface area contributed by atoms with Crippen LogP contribution in [0.5, 0.6) is 0 Å². The Morgan fingerprint density at radius 3 is 2.72 bits per heavy atom. The molecular weight excluding hydrogens is 316 g/mol. The third-order valence-electron chi connectivity index (χ3n) is 4.54. The number of ketones is 1. The Labute approximate surface area is 147 Å². The third-order valence-corrected chi connectivity index (χ3v) is 4.54. The molecule has 3 N–H and O–H groups in total. The fraction of sp³-hybridized carbons (Fsp3) is 0.300. The van der Waals surface area contributed by atoms with Crippen molar-refractivity contribution < 1.29 is 14.7 Å². The van der Waals surface area contributed by atoms with E-state index in [1.165, 1.54) is 6.92 Å². The topological polar surface area (TPSA) is 78.4 Å². The summed E-state index contributed by atoms with van der Waals surface area (Å²) in [5.74, 6) is -0.246. The standard InChI is InChI=1S/C20H22N2O3/c1-14(23)17-7-2-3-8-18(17)15-5-4-6-16(11-15)19(24)22-13-20(25)9-10-21-12-20/h2-8,11,21,25H,9-10,12-13H2,1H3,(H,22,24). The predicted molar refractivity (Wildman–Crippen MR) is 96.7 cm³/mol. The summed E-state index contributed by atoms with van der Waals surface area (Å²) in [6, 6.07) is 14.5. The van der Waals surface area contributed by atoms with Crippen molar-refractivity contribution in [3.63, 3.8) is 0 Å². The largest absolute Gasteiger partial charge is 0.387 e. The molecule has 1 atom stereocenters. The molecule has 0 radical (unpaired) electrons. The number of rotatable bonds is 5. The van der Waals surface area contributed by atoms with Crippen molar-refractivity contribution in [1.82, 2.24) is 10.6 Å². The van der Waals surface area contributed by atoms with Crippen molar-refractivity contribution in [1.29, 1.82) is 0 Å². The number of β-amino-alcohol motifs (C(OH)–C–C–N with tert-alkyl or cyclic N) is 1. The molecule has 1 aliphatic rings. The van der Waals surface area contributed by atoms with E-state index in [4.69, 9.17) is 0 Å². The lowest BCUT2D eigenvalue weighted by molar-refractivity contribution is 0.0562. The maximum Gasteiger partial charge on any atom is 0.251 e. The van der Waals surface area contributed by atoms with Crippen LogP contribution < -0.4 is 10.6 Å². The first-order chi connectivity index (χ1) is 12.0. The summed E-state index contributed by atoms with van der Waals surface area (Å²) in [7, 11) is 0. The molecule has 25 heavy (non-hydrogen) atoms. The number of nitrogens with one attached hydrogen (secondary N) is 2. The highest BCUT2D eigenvalue weighted by Gasteiger charge is 2.31. The van der Waals surface area contributed by atoms with Gasteiger partial charge in [-0.05, 0) is 43.1 Å². The van der Waals surface area contributed by atoms with Crippen LogP contribution >= 0.6 is 0 Å². The summed E-state index contributed by atoms with van der Waals surface area (Å²) in [4.78, 5) is 24.3. The number of carbonyl (C=O) groups is 2. The van der Waals surface area contributed by atoms with Crippen LogP contribution in [0.25, 0.3) is 11.1 Å². The SMILES string of the molecule is CC(=O)c1ccccc1-c1cccc(C(=O)NCC2(O)CCNC2)c1. The minimum absolute atomic E-state index is 0.0126. The van der Waals surface area contributed by atoms with Gasteiger partial charge in [-0.15, -0.1) is 0 Å². The molecule has 1 fully saturated rings. The number of amides is 1. The molecular formula is C20H22N2O3. The summed E-state index contributed by atoms with van der Waals surface area (Å²) < 4.78 is 0. The smallest absolute Gasteiger partial charge is 0.251 e. The molecule has 0 aromatic heterocycles. The van der Waals surface area contributed by atoms with Crippen molar-refractivity contribution in [2.24, 2.45) is 0 Å². The van der Waals surface area contributed by atoms with Crippen LogP contribution in [0.4, 0.5) is 0 Å². The third kappa shape index (κ3) is 3.95. The van der Waals surface area contributed by atoms with Crippen LogP contribution in [0.3, 0.4) is 0 Å². The highest BCUT2D eigenvalue weighted by atomic mass is 16.3. The fourth-order valence-electron chi connectivity index (χ4n) is 3.10. The Morgan fingerprint density at radius 2 is 2.00 bits per heavy atom. The minimum atomic E-state index is -0.880. The van der Waals surface area contributed by atoms with Gasteiger partial charge in [-0.2, -0.15) is 0 Å². The molecule has 1 unspecified atom stereocenters. The number of benzene rings is 2. The summed E-state index contributed by atoms with van der Waals surface area (Å²) in [6.45, 7) is 2.99. The van der Waals surface area contributed by atoms with Crippen molar-refractivity contribution in [3.05, 3.63) is 59.7 Å². The van der Waals surface area contributed by atoms with Crippen LogP contribution in [0.15, 0.2) is 48.5 Å². The Balaban J connectivity index is 1.80. The molecule has 5 heteroatoms. The zero-order valence-electron chi connectivity index (χ0n) is 14.2. The van der Waals surface area contributed by atoms with Gasteiger partial charge in [-0.1, -0.05) is 36.4 Å². The fourth-order valence-corrected chi connectivity index (χ4v) is 3.10. The van der Waals surface area contributed by atoms with Gasteiger partial charge in [0.15, 0.2) is 5.78 Å². The number of aliphatic hydroxyl groups is 1. The second kappa shape index (κ2) is 7.17. The van der Waals surface area contributed by atoms with E-state index in [2.05, 4.69) is 10.6 Å². The van der Waals surface area contributed by atoms with Gasteiger partial charge in [-0.3, -0.25) is 9.59 Å². The van der Waals surface area contributed by atoms with Gasteiger partial charge in [0.1, 0.15) is 0 Å². The second-order valence-corrected chi connectivity index (χ2v) is 6.52. The number of hydrogen-bond acceptors (Lipinski definition) is 4. The van der Waals surface area contributed by atoms with Gasteiger partial charge in [-0.25, -0.2) is 0 Å². The van der Waals surface area contributed by atoms with Crippen LogP contribution in [0.2, 0.25) is 0 Å². The maximum absolute atomic E-state index is 12.4. The second-order valence-electron chi connectivity index (χ2n) is 6.52. The molecule has 1 amide bonds. The van der Waals surface area contributed by atoms with E-state index in [1.807, 2.05) is 24.3 Å². The number of hydrogen-bond donors (Lipinski definition) is 3. The molecule has 1 heterocycles. The predicted octanol–water partition coefficient (Wildman–Crippen LogP) is 2.01. The highest BCUT2D eigenvalue weighted by Crippen LogP contribution is 2.25. The number of Topliss-reactive ketones (excluding diaryl/α,β-unsaturated/α-hetero) is 1. The molecule has 130 valence electrons. The molecule has 0 saturated carbocycles. The molecule has 5 nitrogen and oxygen atoms in total. The highest BCUT2D eigenvalue weighted by molar-refractivity contribution is 6.02. The van der Waals surface area contributed by atoms with Crippen LogP contribution in [-0.2, 0) is 0 Å². The van der Waals surface area contributed by atoms with E-state index in [9.17, 15) is 14.7 Å². The molecule has 1 aliphatic heterocycles. The summed E-state index contributed by atoms with van der Waals surface area (Å²) in [6.07, 6.45) is 0.624. The van der Waals surface area contributed by atoms with E-state index in [-0.39, 0.29) is 18.2 Å². The molecule has 2 aromatic carbocycles. The first kappa shape index (κ1) is 17.3. The maximum atomic E-state index is 12.4. The van der Waals surface area contributed by atoms with E-state index >= 15 is 0 Å². The Morgan fingerprint density at radius 1 is 1.20 bits per heavy atom. The zero-order valence-corrected chi connectivity index (χ0v) is 14.2. The van der Waals surface area contributed by atoms with Crippen molar-refractivity contribution in [2.75, 3.05) is 19.6 Å². The average Bonchev–Trinajstić information content (AvgIpc) is 3.07. The van der Waals surface area contributed by atoms with Gasteiger partial charge in [0.05, 0.1) is 5.60 Å². The van der Waals surface area contributed by atoms with E-state index in [0.29, 0.717) is 24.1 Å². The molecule has 1 saturated heterocycles. The first-order valence-corrected chi connectivity index (χ1v) is 8.40. The molecule has 3 rings (SSSR count). The van der Waals surface area contributed by atoms with Gasteiger partial charge in [0, 0.05) is 24.2 Å². The normalized spacial score (nSPS) is 19.6. The first-order valence-electron chi connectivity index (χ1n) is 8.40. The quantitative estimate of drug-likeness (QED) is 0.729. The lowest BCUT2D eigenvalue weighted by Crippen LogP contribution is -2.44. The molecule has 2 aromatic rings. The summed E-state index contributed by atoms with van der Waals surface area (Å²) in [5.41, 5.74) is 1.88. The Hall–Kier alpha value is -2.50. The van der Waals surface area contributed by atoms with E-state index < -0.39 is 5.60 Å². The molecule has 0 bridgehead atoms. The van der Waals surface area contributed by atoms with E-state index in [1.54, 1.807) is 24.3 Å². The molecule has 0 spiro atoms. The van der Waals surface area contributed by atoms with Crippen molar-refractivity contribution in [2.45, 2.75) is 18.9 Å². The van der Waals surface area contributed by atoms with Crippen LogP contribution in [0.1, 0.15) is 34.1 Å². The lowest BCUT2D eigenvalue weighted by Gasteiger charge is -2.21. The monoisotopic (exact) mass is 338 g/mol. The Kier molecular flexibility index (Phi) is 4.97. The summed E-state index contributed by atoms with van der Waals surface area (Å²) in [5, 5.41) is 16.2. The average molecular weight is 338 g/mol. The minimum Gasteiger partial charge on any atom is -0.387 e. The van der Waals surface area contributed by atoms with Crippen molar-refractivity contribution >= 4 is 11.7 Å². The lowest BCUT2D eigenvalue weighted by atomic mass is 9.96. The summed E-state index contributed by atoms with van der Waals surface area (Å²) >= 11 is 0. The van der Waals surface area contributed by atoms with Crippen LogP contribution in [0, 0.1) is 0 Å². The van der Waals surface area contributed by atoms with E-state index in [0.717, 1.165) is 17.7 Å². The number of carbonyl (C=O) groups excluding carboxylic acids is 2. The zero-order chi connectivity index (χ0) is 17.9. The molecule has 0 aliphatic carbocycles. The van der Waals surface area contributed by atoms with Gasteiger partial charge in [0.2, 0.25) is 0 Å². The van der Waals surface area contributed by atoms with Crippen LogP contribution in [-0.4, -0.2) is 42.0 Å². The van der Waals surface area contributed by atoms with Crippen molar-refractivity contribution in [3.8, 4) is 11.1 Å².